The number of anilines is 1. The summed E-state index contributed by atoms with van der Waals surface area (Å²) in [6.07, 6.45) is 7.81. The number of benzene rings is 2. The minimum atomic E-state index is -0.479. The lowest BCUT2D eigenvalue weighted by Gasteiger charge is -2.43. The molecule has 1 amide bonds. The molecule has 1 saturated heterocycles. The Morgan fingerprint density at radius 3 is 2.64 bits per heavy atom. The maximum atomic E-state index is 14.4. The molecular weight excluding hydrogens is 637 g/mol. The zero-order valence-corrected chi connectivity index (χ0v) is 28.9. The number of carbonyl (C=O) groups excluding carboxylic acids is 1. The van der Waals surface area contributed by atoms with Crippen molar-refractivity contribution in [2.45, 2.75) is 64.6 Å². The SMILES string of the molecule is COc1ccc(Cn2nc(C3=CCOCC3)c3c2nc(N2CCC4(CC2)Cc2cc(F)ccc2[C@H]4OC(=O)NC(C)(C)C)n2ccnc32)cc1. The molecule has 2 aliphatic heterocycles. The number of nitrogens with one attached hydrogen (secondary N) is 1. The molecule has 0 unspecified atom stereocenters. The van der Waals surface area contributed by atoms with E-state index in [9.17, 15) is 9.18 Å². The van der Waals surface area contributed by atoms with Gasteiger partial charge in [0, 0.05) is 36.4 Å². The summed E-state index contributed by atoms with van der Waals surface area (Å²) in [6.45, 7) is 8.84. The molecule has 1 fully saturated rings. The number of hydrogen-bond donors (Lipinski definition) is 1. The van der Waals surface area contributed by atoms with Crippen LogP contribution in [0.3, 0.4) is 0 Å². The average molecular weight is 680 g/mol. The van der Waals surface area contributed by atoms with Crippen LogP contribution in [0, 0.1) is 11.2 Å². The predicted octanol–water partition coefficient (Wildman–Crippen LogP) is 6.49. The molecule has 2 aromatic carbocycles. The van der Waals surface area contributed by atoms with Crippen molar-refractivity contribution >= 4 is 34.3 Å². The zero-order chi connectivity index (χ0) is 34.6. The van der Waals surface area contributed by atoms with E-state index in [1.165, 1.54) is 6.07 Å². The Kier molecular flexibility index (Phi) is 8.01. The number of rotatable bonds is 6. The van der Waals surface area contributed by atoms with Gasteiger partial charge in [-0.2, -0.15) is 10.1 Å². The molecule has 0 saturated carbocycles. The Morgan fingerprint density at radius 2 is 1.92 bits per heavy atom. The fourth-order valence-electron chi connectivity index (χ4n) is 7.78. The molecule has 5 aromatic rings. The van der Waals surface area contributed by atoms with Gasteiger partial charge in [0.05, 0.1) is 32.3 Å². The highest BCUT2D eigenvalue weighted by Gasteiger charge is 2.50. The molecule has 3 aromatic heterocycles. The molecule has 1 aliphatic carbocycles. The number of alkyl carbamates (subject to hydrolysis) is 1. The van der Waals surface area contributed by atoms with Crippen molar-refractivity contribution in [1.82, 2.24) is 29.5 Å². The van der Waals surface area contributed by atoms with E-state index in [1.807, 2.05) is 62.1 Å². The maximum absolute atomic E-state index is 14.4. The second kappa shape index (κ2) is 12.4. The van der Waals surface area contributed by atoms with E-state index in [-0.39, 0.29) is 11.2 Å². The Balaban J connectivity index is 1.15. The number of carbonyl (C=O) groups is 1. The normalized spacial score (nSPS) is 18.8. The van der Waals surface area contributed by atoms with Crippen molar-refractivity contribution in [1.29, 1.82) is 0 Å². The summed E-state index contributed by atoms with van der Waals surface area (Å²) < 4.78 is 35.7. The number of nitrogens with zero attached hydrogens (tertiary/aromatic N) is 6. The summed E-state index contributed by atoms with van der Waals surface area (Å²) in [5, 5.41) is 9.02. The molecule has 1 spiro atoms. The molecule has 0 radical (unpaired) electrons. The van der Waals surface area contributed by atoms with Gasteiger partial charge >= 0.3 is 6.09 Å². The lowest BCUT2D eigenvalue weighted by atomic mass is 9.74. The highest BCUT2D eigenvalue weighted by Crippen LogP contribution is 2.54. The third kappa shape index (κ3) is 5.85. The molecule has 11 nitrogen and oxygen atoms in total. The number of fused-ring (bicyclic) bond motifs is 4. The first kappa shape index (κ1) is 32.2. The molecule has 1 atom stereocenters. The average Bonchev–Trinajstić information content (AvgIpc) is 3.80. The van der Waals surface area contributed by atoms with E-state index >= 15 is 0 Å². The van der Waals surface area contributed by atoms with Crippen molar-refractivity contribution in [2.75, 3.05) is 38.3 Å². The topological polar surface area (TPSA) is 108 Å². The maximum Gasteiger partial charge on any atom is 0.408 e. The molecule has 260 valence electrons. The van der Waals surface area contributed by atoms with Crippen molar-refractivity contribution < 1.29 is 23.4 Å². The Hall–Kier alpha value is -4.97. The smallest absolute Gasteiger partial charge is 0.408 e. The highest BCUT2D eigenvalue weighted by molar-refractivity contribution is 5.99. The van der Waals surface area contributed by atoms with Gasteiger partial charge in [0.25, 0.3) is 0 Å². The van der Waals surface area contributed by atoms with Gasteiger partial charge in [0.2, 0.25) is 5.95 Å². The van der Waals surface area contributed by atoms with Gasteiger partial charge in [-0.1, -0.05) is 24.3 Å². The number of amides is 1. The van der Waals surface area contributed by atoms with Gasteiger partial charge in [-0.25, -0.2) is 18.9 Å². The standard InChI is InChI=1S/C38H42FN7O4/c1-37(2,3)42-36(47)50-32-29-10-7-27(39)21-26(29)22-38(32)13-16-44(17-14-38)35-41-34-30(33-40-15-18-45(33)35)31(25-11-19-49-20-12-25)43-46(34)23-24-5-8-28(48-4)9-6-24/h5-11,15,18,21,32H,12-14,16-17,19-20,22-23H2,1-4H3,(H,42,47)/t32-/m1/s1. The van der Waals surface area contributed by atoms with Gasteiger partial charge < -0.3 is 24.4 Å². The second-order valence-electron chi connectivity index (χ2n) is 14.7. The van der Waals surface area contributed by atoms with E-state index in [4.69, 9.17) is 29.3 Å². The largest absolute Gasteiger partial charge is 0.497 e. The first-order valence-electron chi connectivity index (χ1n) is 17.3. The van der Waals surface area contributed by atoms with Gasteiger partial charge in [-0.3, -0.25) is 4.40 Å². The monoisotopic (exact) mass is 679 g/mol. The predicted molar refractivity (Wildman–Crippen MR) is 188 cm³/mol. The van der Waals surface area contributed by atoms with Crippen LogP contribution in [0.2, 0.25) is 0 Å². The summed E-state index contributed by atoms with van der Waals surface area (Å²) in [7, 11) is 1.66. The number of hydrogen-bond acceptors (Lipinski definition) is 8. The van der Waals surface area contributed by atoms with E-state index < -0.39 is 17.7 Å². The van der Waals surface area contributed by atoms with Crippen LogP contribution in [0.25, 0.3) is 22.3 Å². The van der Waals surface area contributed by atoms with Crippen molar-refractivity contribution in [3.8, 4) is 5.75 Å². The van der Waals surface area contributed by atoms with E-state index in [0.717, 1.165) is 75.6 Å². The summed E-state index contributed by atoms with van der Waals surface area (Å²) in [5.74, 6) is 1.30. The van der Waals surface area contributed by atoms with Crippen LogP contribution in [-0.4, -0.2) is 69.2 Å². The molecule has 0 bridgehead atoms. The van der Waals surface area contributed by atoms with Crippen LogP contribution in [0.4, 0.5) is 15.1 Å². The number of ether oxygens (including phenoxy) is 3. The van der Waals surface area contributed by atoms with Crippen LogP contribution in [0.1, 0.15) is 68.5 Å². The quantitative estimate of drug-likeness (QED) is 0.217. The van der Waals surface area contributed by atoms with Crippen LogP contribution in [-0.2, 0) is 22.4 Å². The number of methoxy groups -OCH3 is 1. The molecule has 50 heavy (non-hydrogen) atoms. The Labute approximate surface area is 290 Å². The molecule has 1 N–H and O–H groups in total. The lowest BCUT2D eigenvalue weighted by Crippen LogP contribution is -2.46. The van der Waals surface area contributed by atoms with Crippen LogP contribution in [0.15, 0.2) is 60.9 Å². The second-order valence-corrected chi connectivity index (χ2v) is 14.7. The summed E-state index contributed by atoms with van der Waals surface area (Å²) in [4.78, 5) is 25.6. The third-order valence-corrected chi connectivity index (χ3v) is 10.2. The van der Waals surface area contributed by atoms with Gasteiger partial charge in [0.15, 0.2) is 11.3 Å². The molecule has 12 heteroatoms. The van der Waals surface area contributed by atoms with Gasteiger partial charge in [-0.15, -0.1) is 0 Å². The van der Waals surface area contributed by atoms with Gasteiger partial charge in [0.1, 0.15) is 23.4 Å². The first-order chi connectivity index (χ1) is 24.1. The minimum Gasteiger partial charge on any atom is -0.497 e. The summed E-state index contributed by atoms with van der Waals surface area (Å²) in [6, 6.07) is 12.8. The molecular formula is C38H42FN7O4. The van der Waals surface area contributed by atoms with E-state index in [0.29, 0.717) is 39.3 Å². The summed E-state index contributed by atoms with van der Waals surface area (Å²) in [5.41, 5.74) is 5.64. The van der Waals surface area contributed by atoms with Crippen LogP contribution < -0.4 is 15.0 Å². The fourth-order valence-corrected chi connectivity index (χ4v) is 7.78. The Morgan fingerprint density at radius 1 is 1.12 bits per heavy atom. The number of aromatic nitrogens is 5. The molecule has 8 rings (SSSR count). The number of halogens is 1. The zero-order valence-electron chi connectivity index (χ0n) is 28.9. The fraction of sp³-hybridized carbons (Fsp3) is 0.421. The van der Waals surface area contributed by atoms with Crippen molar-refractivity contribution in [3.63, 3.8) is 0 Å². The van der Waals surface area contributed by atoms with E-state index in [1.54, 1.807) is 19.2 Å². The lowest BCUT2D eigenvalue weighted by molar-refractivity contribution is -0.00253. The van der Waals surface area contributed by atoms with Crippen LogP contribution >= 0.6 is 0 Å². The van der Waals surface area contributed by atoms with Crippen molar-refractivity contribution in [3.05, 3.63) is 89.1 Å². The van der Waals surface area contributed by atoms with Crippen molar-refractivity contribution in [2.24, 2.45) is 5.41 Å². The highest BCUT2D eigenvalue weighted by atomic mass is 19.1. The van der Waals surface area contributed by atoms with E-state index in [2.05, 4.69) is 20.7 Å². The third-order valence-electron chi connectivity index (χ3n) is 10.2. The number of imidazole rings is 1. The molecule has 5 heterocycles. The van der Waals surface area contributed by atoms with Crippen LogP contribution in [0.5, 0.6) is 5.75 Å². The molecule has 3 aliphatic rings. The summed E-state index contributed by atoms with van der Waals surface area (Å²) >= 11 is 0. The Bertz CT molecular complexity index is 2110. The minimum absolute atomic E-state index is 0.279. The van der Waals surface area contributed by atoms with Gasteiger partial charge in [-0.05, 0) is 93.0 Å². The first-order valence-corrected chi connectivity index (χ1v) is 17.3. The number of piperidine rings is 1.